The van der Waals surface area contributed by atoms with Gasteiger partial charge in [-0.15, -0.1) is 0 Å². The van der Waals surface area contributed by atoms with Gasteiger partial charge in [-0.2, -0.15) is 0 Å². The second kappa shape index (κ2) is 4.89. The number of amides is 1. The molecule has 0 heterocycles. The first-order valence-electron chi connectivity index (χ1n) is 6.84. The van der Waals surface area contributed by atoms with Gasteiger partial charge < -0.3 is 5.32 Å². The second-order valence-electron chi connectivity index (χ2n) is 5.71. The Morgan fingerprint density at radius 3 is 2.58 bits per heavy atom. The number of fused-ring (bicyclic) bond motifs is 1. The van der Waals surface area contributed by atoms with Crippen molar-refractivity contribution in [2.45, 2.75) is 32.6 Å². The Balaban J connectivity index is 1.72. The number of hydrogen-bond acceptors (Lipinski definition) is 1. The van der Waals surface area contributed by atoms with Gasteiger partial charge in [-0.3, -0.25) is 4.79 Å². The van der Waals surface area contributed by atoms with Crippen molar-refractivity contribution in [1.29, 1.82) is 0 Å². The van der Waals surface area contributed by atoms with E-state index in [0.717, 1.165) is 5.56 Å². The lowest BCUT2D eigenvalue weighted by Gasteiger charge is -2.09. The lowest BCUT2D eigenvalue weighted by Crippen LogP contribution is -2.16. The first-order chi connectivity index (χ1) is 9.08. The third-order valence-electron chi connectivity index (χ3n) is 4.48. The monoisotopic (exact) mass is 325 g/mol. The highest BCUT2D eigenvalue weighted by molar-refractivity contribution is 9.10. The number of hydrogen-bond donors (Lipinski definition) is 1. The summed E-state index contributed by atoms with van der Waals surface area (Å²) >= 11 is 3.16. The summed E-state index contributed by atoms with van der Waals surface area (Å²) in [5, 5.41) is 2.96. The lowest BCUT2D eigenvalue weighted by molar-refractivity contribution is -0.117. The Hall–Kier alpha value is -0.900. The van der Waals surface area contributed by atoms with Crippen LogP contribution in [-0.4, -0.2) is 5.91 Å². The summed E-state index contributed by atoms with van der Waals surface area (Å²) < 4.78 is 13.7. The molecule has 19 heavy (non-hydrogen) atoms. The smallest absolute Gasteiger partial charge is 0.228 e. The molecule has 1 aromatic carbocycles. The van der Waals surface area contributed by atoms with Gasteiger partial charge in [0.1, 0.15) is 5.82 Å². The van der Waals surface area contributed by atoms with Crippen molar-refractivity contribution in [1.82, 2.24) is 0 Å². The molecule has 3 rings (SSSR count). The van der Waals surface area contributed by atoms with Crippen LogP contribution < -0.4 is 5.32 Å². The first kappa shape index (κ1) is 13.1. The average Bonchev–Trinajstić information content (AvgIpc) is 3.10. The Kier molecular flexibility index (Phi) is 3.37. The Labute approximate surface area is 120 Å². The van der Waals surface area contributed by atoms with Crippen LogP contribution >= 0.6 is 15.9 Å². The van der Waals surface area contributed by atoms with Crippen LogP contribution in [0.4, 0.5) is 10.1 Å². The minimum atomic E-state index is -0.296. The van der Waals surface area contributed by atoms with Crippen molar-refractivity contribution in [2.75, 3.05) is 5.32 Å². The molecule has 4 heteroatoms. The fraction of sp³-hybridized carbons (Fsp3) is 0.533. The summed E-state index contributed by atoms with van der Waals surface area (Å²) in [6, 6.07) is 3.09. The Morgan fingerprint density at radius 2 is 1.95 bits per heavy atom. The lowest BCUT2D eigenvalue weighted by atomic mass is 10.0. The Morgan fingerprint density at radius 1 is 1.32 bits per heavy atom. The number of benzene rings is 1. The van der Waals surface area contributed by atoms with Crippen LogP contribution in [0, 0.1) is 30.5 Å². The second-order valence-corrected chi connectivity index (χ2v) is 6.56. The maximum absolute atomic E-state index is 13.3. The SMILES string of the molecule is Cc1cc(F)c(Br)cc1NC(=O)C1C2CCCCC21. The highest BCUT2D eigenvalue weighted by Gasteiger charge is 2.54. The predicted molar refractivity (Wildman–Crippen MR) is 76.4 cm³/mol. The molecule has 2 atom stereocenters. The zero-order chi connectivity index (χ0) is 13.6. The van der Waals surface area contributed by atoms with Gasteiger partial charge in [-0.05, 0) is 65.2 Å². The van der Waals surface area contributed by atoms with E-state index >= 15 is 0 Å². The summed E-state index contributed by atoms with van der Waals surface area (Å²) in [6.07, 6.45) is 4.89. The maximum Gasteiger partial charge on any atom is 0.228 e. The molecule has 2 aliphatic rings. The fourth-order valence-corrected chi connectivity index (χ4v) is 3.72. The molecular weight excluding hydrogens is 309 g/mol. The van der Waals surface area contributed by atoms with Crippen molar-refractivity contribution in [3.63, 3.8) is 0 Å². The highest BCUT2D eigenvalue weighted by Crippen LogP contribution is 2.55. The molecule has 102 valence electrons. The van der Waals surface area contributed by atoms with Crippen LogP contribution in [0.5, 0.6) is 0 Å². The van der Waals surface area contributed by atoms with E-state index in [-0.39, 0.29) is 17.6 Å². The topological polar surface area (TPSA) is 29.1 Å². The van der Waals surface area contributed by atoms with E-state index in [2.05, 4.69) is 21.2 Å². The van der Waals surface area contributed by atoms with E-state index in [9.17, 15) is 9.18 Å². The standard InChI is InChI=1S/C15H17BrFNO/c1-8-6-12(17)11(16)7-13(8)18-15(19)14-9-4-2-3-5-10(9)14/h6-7,9-10,14H,2-5H2,1H3,(H,18,19). The van der Waals surface area contributed by atoms with E-state index in [4.69, 9.17) is 0 Å². The van der Waals surface area contributed by atoms with E-state index in [1.807, 2.05) is 6.92 Å². The van der Waals surface area contributed by atoms with E-state index in [0.29, 0.717) is 22.0 Å². The van der Waals surface area contributed by atoms with E-state index in [1.165, 1.54) is 31.7 Å². The summed E-state index contributed by atoms with van der Waals surface area (Å²) in [5.74, 6) is 1.19. The number of carbonyl (C=O) groups excluding carboxylic acids is 1. The summed E-state index contributed by atoms with van der Waals surface area (Å²) in [6.45, 7) is 1.81. The number of aryl methyl sites for hydroxylation is 1. The molecule has 2 aliphatic carbocycles. The van der Waals surface area contributed by atoms with Gasteiger partial charge in [0.25, 0.3) is 0 Å². The van der Waals surface area contributed by atoms with E-state index < -0.39 is 0 Å². The summed E-state index contributed by atoms with van der Waals surface area (Å²) in [7, 11) is 0. The van der Waals surface area contributed by atoms with Gasteiger partial charge in [0.05, 0.1) is 4.47 Å². The normalized spacial score (nSPS) is 28.7. The molecule has 0 aliphatic heterocycles. The fourth-order valence-electron chi connectivity index (χ4n) is 3.38. The van der Waals surface area contributed by atoms with Crippen molar-refractivity contribution in [2.24, 2.45) is 17.8 Å². The number of anilines is 1. The molecule has 2 saturated carbocycles. The van der Waals surface area contributed by atoms with Gasteiger partial charge in [0, 0.05) is 11.6 Å². The van der Waals surface area contributed by atoms with Gasteiger partial charge in [-0.1, -0.05) is 12.8 Å². The zero-order valence-corrected chi connectivity index (χ0v) is 12.5. The summed E-state index contributed by atoms with van der Waals surface area (Å²) in [5.41, 5.74) is 1.47. The molecule has 0 saturated heterocycles. The van der Waals surface area contributed by atoms with Gasteiger partial charge in [0.15, 0.2) is 0 Å². The minimum Gasteiger partial charge on any atom is -0.326 e. The maximum atomic E-state index is 13.3. The molecule has 2 nitrogen and oxygen atoms in total. The molecule has 2 unspecified atom stereocenters. The number of carbonyl (C=O) groups is 1. The first-order valence-corrected chi connectivity index (χ1v) is 7.63. The molecule has 0 spiro atoms. The molecule has 0 radical (unpaired) electrons. The van der Waals surface area contributed by atoms with Crippen LogP contribution in [0.1, 0.15) is 31.2 Å². The number of halogens is 2. The number of nitrogens with one attached hydrogen (secondary N) is 1. The van der Waals surface area contributed by atoms with Crippen LogP contribution in [0.15, 0.2) is 16.6 Å². The van der Waals surface area contributed by atoms with Crippen molar-refractivity contribution < 1.29 is 9.18 Å². The molecule has 0 aromatic heterocycles. The van der Waals surface area contributed by atoms with E-state index in [1.54, 1.807) is 6.07 Å². The van der Waals surface area contributed by atoms with Gasteiger partial charge >= 0.3 is 0 Å². The third kappa shape index (κ3) is 2.42. The summed E-state index contributed by atoms with van der Waals surface area (Å²) in [4.78, 5) is 12.3. The van der Waals surface area contributed by atoms with Crippen LogP contribution in [0.25, 0.3) is 0 Å². The van der Waals surface area contributed by atoms with Gasteiger partial charge in [0.2, 0.25) is 5.91 Å². The largest absolute Gasteiger partial charge is 0.326 e. The van der Waals surface area contributed by atoms with Crippen LogP contribution in [-0.2, 0) is 4.79 Å². The van der Waals surface area contributed by atoms with Crippen molar-refractivity contribution >= 4 is 27.5 Å². The molecular formula is C15H17BrFNO. The van der Waals surface area contributed by atoms with Crippen molar-refractivity contribution in [3.8, 4) is 0 Å². The Bertz CT molecular complexity index is 519. The minimum absolute atomic E-state index is 0.110. The molecule has 1 amide bonds. The van der Waals surface area contributed by atoms with Gasteiger partial charge in [-0.25, -0.2) is 4.39 Å². The average molecular weight is 326 g/mol. The molecule has 1 aromatic rings. The quantitative estimate of drug-likeness (QED) is 0.864. The highest BCUT2D eigenvalue weighted by atomic mass is 79.9. The zero-order valence-electron chi connectivity index (χ0n) is 10.9. The molecule has 0 bridgehead atoms. The molecule has 1 N–H and O–H groups in total. The van der Waals surface area contributed by atoms with Crippen molar-refractivity contribution in [3.05, 3.63) is 28.0 Å². The molecule has 2 fully saturated rings. The third-order valence-corrected chi connectivity index (χ3v) is 5.09. The predicted octanol–water partition coefficient (Wildman–Crippen LogP) is 4.27. The number of rotatable bonds is 2. The van der Waals surface area contributed by atoms with Crippen LogP contribution in [0.2, 0.25) is 0 Å². The van der Waals surface area contributed by atoms with Crippen LogP contribution in [0.3, 0.4) is 0 Å².